The largest absolute Gasteiger partial charge is 0.378 e. The Morgan fingerprint density at radius 2 is 1.62 bits per heavy atom. The molecule has 1 aliphatic heterocycles. The highest BCUT2D eigenvalue weighted by molar-refractivity contribution is 5.99. The second-order valence-corrected chi connectivity index (χ2v) is 8.60. The summed E-state index contributed by atoms with van der Waals surface area (Å²) in [6.07, 6.45) is 0. The number of amides is 1. The van der Waals surface area contributed by atoms with Crippen LogP contribution in [-0.4, -0.2) is 52.9 Å². The normalized spacial score (nSPS) is 13.9. The van der Waals surface area contributed by atoms with Gasteiger partial charge in [-0.3, -0.25) is 4.79 Å². The van der Waals surface area contributed by atoms with Crippen molar-refractivity contribution in [2.45, 2.75) is 13.8 Å². The smallest absolute Gasteiger partial charge is 0.250 e. The van der Waals surface area contributed by atoms with Crippen LogP contribution >= 0.6 is 0 Å². The molecule has 2 heterocycles. The molecule has 1 fully saturated rings. The lowest BCUT2D eigenvalue weighted by Crippen LogP contribution is -2.37. The molecule has 0 bridgehead atoms. The number of morpholine rings is 1. The number of nitrogens with zero attached hydrogens (tertiary/aromatic N) is 5. The van der Waals surface area contributed by atoms with E-state index >= 15 is 0 Å². The van der Waals surface area contributed by atoms with Crippen molar-refractivity contribution in [1.82, 2.24) is 15.0 Å². The molecule has 0 radical (unpaired) electrons. The highest BCUT2D eigenvalue weighted by Crippen LogP contribution is 2.26. The van der Waals surface area contributed by atoms with Crippen LogP contribution in [0.2, 0.25) is 0 Å². The summed E-state index contributed by atoms with van der Waals surface area (Å²) >= 11 is 0. The number of fused-ring (bicyclic) bond motifs is 1. The molecule has 0 saturated carbocycles. The van der Waals surface area contributed by atoms with E-state index in [4.69, 9.17) is 9.72 Å². The predicted molar refractivity (Wildman–Crippen MR) is 147 cm³/mol. The van der Waals surface area contributed by atoms with E-state index < -0.39 is 0 Å². The number of anilines is 5. The number of aromatic nitrogens is 3. The van der Waals surface area contributed by atoms with Gasteiger partial charge in [0.2, 0.25) is 23.8 Å². The average Bonchev–Trinajstić information content (AvgIpc) is 2.92. The molecular weight excluding hydrogens is 468 g/mol. The molecule has 1 saturated heterocycles. The first-order valence-electron chi connectivity index (χ1n) is 12.1. The van der Waals surface area contributed by atoms with Crippen LogP contribution in [0.15, 0.2) is 71.8 Å². The fourth-order valence-electron chi connectivity index (χ4n) is 4.03. The van der Waals surface area contributed by atoms with Crippen molar-refractivity contribution < 1.29 is 9.53 Å². The molecule has 0 unspecified atom stereocenters. The van der Waals surface area contributed by atoms with Crippen LogP contribution < -0.4 is 21.0 Å². The van der Waals surface area contributed by atoms with Crippen molar-refractivity contribution in [2.75, 3.05) is 47.3 Å². The number of carbonyl (C=O) groups excluding carboxylic acids is 1. The van der Waals surface area contributed by atoms with Gasteiger partial charge in [0.25, 0.3) is 0 Å². The molecule has 1 aromatic heterocycles. The minimum absolute atomic E-state index is 0.112. The van der Waals surface area contributed by atoms with E-state index in [-0.39, 0.29) is 5.91 Å². The molecule has 3 aromatic carbocycles. The topological polar surface area (TPSA) is 117 Å². The maximum Gasteiger partial charge on any atom is 0.250 e. The van der Waals surface area contributed by atoms with Crippen LogP contribution in [0.25, 0.3) is 10.8 Å². The number of nitrogens with one attached hydrogen (secondary N) is 3. The van der Waals surface area contributed by atoms with Gasteiger partial charge in [-0.25, -0.2) is 5.43 Å². The lowest BCUT2D eigenvalue weighted by Gasteiger charge is -2.27. The van der Waals surface area contributed by atoms with Crippen LogP contribution in [0.4, 0.5) is 29.2 Å². The second kappa shape index (κ2) is 11.0. The highest BCUT2D eigenvalue weighted by atomic mass is 16.5. The molecule has 10 nitrogen and oxygen atoms in total. The summed E-state index contributed by atoms with van der Waals surface area (Å²) in [5.41, 5.74) is 6.27. The Hall–Kier alpha value is -4.57. The Morgan fingerprint density at radius 3 is 2.41 bits per heavy atom. The molecule has 0 aliphatic carbocycles. The van der Waals surface area contributed by atoms with Crippen molar-refractivity contribution in [3.8, 4) is 0 Å². The van der Waals surface area contributed by atoms with E-state index in [1.54, 1.807) is 0 Å². The van der Waals surface area contributed by atoms with Crippen molar-refractivity contribution in [3.05, 3.63) is 72.3 Å². The minimum Gasteiger partial charge on any atom is -0.378 e. The highest BCUT2D eigenvalue weighted by Gasteiger charge is 2.17. The molecule has 3 N–H and O–H groups in total. The van der Waals surface area contributed by atoms with Crippen LogP contribution in [0.3, 0.4) is 0 Å². The third-order valence-corrected chi connectivity index (χ3v) is 5.90. The van der Waals surface area contributed by atoms with E-state index in [2.05, 4.69) is 54.2 Å². The third kappa shape index (κ3) is 5.99. The van der Waals surface area contributed by atoms with Gasteiger partial charge in [-0.15, -0.1) is 0 Å². The molecule has 4 aromatic rings. The van der Waals surface area contributed by atoms with E-state index in [9.17, 15) is 4.79 Å². The molecule has 0 atom stereocenters. The third-order valence-electron chi connectivity index (χ3n) is 5.90. The van der Waals surface area contributed by atoms with Gasteiger partial charge < -0.3 is 20.3 Å². The Labute approximate surface area is 214 Å². The van der Waals surface area contributed by atoms with Gasteiger partial charge in [-0.05, 0) is 36.1 Å². The van der Waals surface area contributed by atoms with Crippen LogP contribution in [0.1, 0.15) is 19.4 Å². The van der Waals surface area contributed by atoms with Gasteiger partial charge >= 0.3 is 0 Å². The maximum atomic E-state index is 11.3. The molecule has 5 rings (SSSR count). The van der Waals surface area contributed by atoms with E-state index in [0.717, 1.165) is 33.4 Å². The van der Waals surface area contributed by atoms with Gasteiger partial charge in [0.1, 0.15) is 0 Å². The van der Waals surface area contributed by atoms with E-state index in [1.807, 2.05) is 55.5 Å². The summed E-state index contributed by atoms with van der Waals surface area (Å²) < 4.78 is 5.49. The Kier molecular flexibility index (Phi) is 7.18. The summed E-state index contributed by atoms with van der Waals surface area (Å²) in [5.74, 6) is 1.19. The first kappa shape index (κ1) is 24.1. The maximum absolute atomic E-state index is 11.3. The summed E-state index contributed by atoms with van der Waals surface area (Å²) in [6, 6.07) is 21.7. The number of hydrazone groups is 1. The number of benzene rings is 3. The zero-order valence-electron chi connectivity index (χ0n) is 20.7. The van der Waals surface area contributed by atoms with Gasteiger partial charge in [0.05, 0.1) is 18.9 Å². The summed E-state index contributed by atoms with van der Waals surface area (Å²) in [4.78, 5) is 27.2. The van der Waals surface area contributed by atoms with Gasteiger partial charge in [0.15, 0.2) is 0 Å². The molecule has 188 valence electrons. The van der Waals surface area contributed by atoms with Gasteiger partial charge in [-0.2, -0.15) is 20.1 Å². The van der Waals surface area contributed by atoms with Crippen LogP contribution in [-0.2, 0) is 9.53 Å². The number of hydrogen-bond acceptors (Lipinski definition) is 9. The molecule has 1 aliphatic rings. The summed E-state index contributed by atoms with van der Waals surface area (Å²) in [7, 11) is 0. The Balaban J connectivity index is 1.42. The minimum atomic E-state index is -0.112. The Bertz CT molecular complexity index is 1430. The van der Waals surface area contributed by atoms with Crippen molar-refractivity contribution in [1.29, 1.82) is 0 Å². The summed E-state index contributed by atoms with van der Waals surface area (Å²) in [5, 5.41) is 12.8. The molecule has 0 spiro atoms. The van der Waals surface area contributed by atoms with Crippen molar-refractivity contribution in [3.63, 3.8) is 0 Å². The lowest BCUT2D eigenvalue weighted by atomic mass is 10.1. The van der Waals surface area contributed by atoms with Crippen LogP contribution in [0.5, 0.6) is 0 Å². The zero-order valence-corrected chi connectivity index (χ0v) is 20.7. The van der Waals surface area contributed by atoms with E-state index in [1.165, 1.54) is 6.92 Å². The number of ether oxygens (including phenoxy) is 1. The standard InChI is InChI=1S/C27H28N8O2/c1-18(20-10-12-22(13-11-20)28-19(2)36)33-34-26-30-25(31-27(32-26)35-14-16-37-17-15-35)29-24-9-5-7-21-6-3-4-8-23(21)24/h3-13H,14-17H2,1-2H3,(H,28,36)(H2,29,30,31,32,34). The van der Waals surface area contributed by atoms with E-state index in [0.29, 0.717) is 44.1 Å². The average molecular weight is 497 g/mol. The lowest BCUT2D eigenvalue weighted by molar-refractivity contribution is -0.114. The first-order chi connectivity index (χ1) is 18.0. The number of carbonyl (C=O) groups is 1. The monoisotopic (exact) mass is 496 g/mol. The first-order valence-corrected chi connectivity index (χ1v) is 12.1. The fourth-order valence-corrected chi connectivity index (χ4v) is 4.03. The second-order valence-electron chi connectivity index (χ2n) is 8.60. The predicted octanol–water partition coefficient (Wildman–Crippen LogP) is 4.40. The molecule has 1 amide bonds. The Morgan fingerprint density at radius 1 is 0.892 bits per heavy atom. The number of rotatable bonds is 7. The molecule has 37 heavy (non-hydrogen) atoms. The SMILES string of the molecule is CC(=O)Nc1ccc(C(C)=NNc2nc(Nc3cccc4ccccc34)nc(N3CCOCC3)n2)cc1. The van der Waals surface area contributed by atoms with Crippen molar-refractivity contribution in [2.24, 2.45) is 5.10 Å². The molecular formula is C27H28N8O2. The zero-order chi connectivity index (χ0) is 25.6. The quantitative estimate of drug-likeness (QED) is 0.255. The van der Waals surface area contributed by atoms with Crippen LogP contribution in [0, 0.1) is 0 Å². The van der Waals surface area contributed by atoms with Gasteiger partial charge in [0, 0.05) is 36.8 Å². The van der Waals surface area contributed by atoms with Gasteiger partial charge in [-0.1, -0.05) is 48.5 Å². The fraction of sp³-hybridized carbons (Fsp3) is 0.222. The summed E-state index contributed by atoms with van der Waals surface area (Å²) in [6.45, 7) is 5.99. The van der Waals surface area contributed by atoms with Crippen molar-refractivity contribution >= 4 is 51.6 Å². The number of hydrogen-bond donors (Lipinski definition) is 3. The molecule has 10 heteroatoms.